The fourth-order valence-electron chi connectivity index (χ4n) is 9.16. The Bertz CT molecular complexity index is 2970. The van der Waals surface area contributed by atoms with Gasteiger partial charge in [-0.1, -0.05) is 146 Å². The molecule has 0 bridgehead atoms. The SMILES string of the molecule is C[Si](C)(C)c1cc2c3c(c1)N(c1ccc4ccccc4c1)c1ccc4ccccc4c1B3c1c(cc(N(c3ccccc3)c3ccccc3)c3ccccc13)O2. The predicted octanol–water partition coefficient (Wildman–Crippen LogP) is 11.6. The van der Waals surface area contributed by atoms with Crippen molar-refractivity contribution >= 4 is 103 Å². The van der Waals surface area contributed by atoms with Crippen LogP contribution in [0.3, 0.4) is 0 Å². The van der Waals surface area contributed by atoms with E-state index in [-0.39, 0.29) is 6.71 Å². The predicted molar refractivity (Wildman–Crippen MR) is 242 cm³/mol. The van der Waals surface area contributed by atoms with Crippen molar-refractivity contribution in [2.24, 2.45) is 0 Å². The van der Waals surface area contributed by atoms with Gasteiger partial charge in [-0.15, -0.1) is 0 Å². The molecule has 0 fully saturated rings. The lowest BCUT2D eigenvalue weighted by Gasteiger charge is -2.42. The highest BCUT2D eigenvalue weighted by molar-refractivity contribution is 7.02. The number of fused-ring (bicyclic) bond motifs is 9. The number of para-hydroxylation sites is 2. The number of ether oxygens (including phenoxy) is 1. The molecule has 2 aliphatic heterocycles. The molecule has 0 atom stereocenters. The Kier molecular flexibility index (Phi) is 7.32. The zero-order chi connectivity index (χ0) is 37.5. The first-order valence-electron chi connectivity index (χ1n) is 19.6. The molecule has 56 heavy (non-hydrogen) atoms. The molecular weight excluding hydrogens is 695 g/mol. The molecule has 0 unspecified atom stereocenters. The summed E-state index contributed by atoms with van der Waals surface area (Å²) in [5.41, 5.74) is 10.6. The molecule has 9 aromatic rings. The standard InChI is InChI=1S/C51H39BN2OSi/c1-56(2,3)40-31-46-51-47(32-40)55-48-33-45(53(37-19-6-4-7-20-37)38-21-8-5-9-22-38)42-24-14-15-25-43(42)50(48)52(51)49-41-23-13-12-17-35(41)27-29-44(49)54(46)39-28-26-34-16-10-11-18-36(34)30-39/h4-33H,1-3H3. The molecule has 0 spiro atoms. The van der Waals surface area contributed by atoms with Gasteiger partial charge in [0.1, 0.15) is 11.5 Å². The molecule has 0 saturated heterocycles. The summed E-state index contributed by atoms with van der Waals surface area (Å²) in [5, 5.41) is 8.73. The van der Waals surface area contributed by atoms with E-state index < -0.39 is 8.07 Å². The topological polar surface area (TPSA) is 15.7 Å². The Balaban J connectivity index is 1.25. The van der Waals surface area contributed by atoms with Crippen LogP contribution in [0, 0.1) is 0 Å². The van der Waals surface area contributed by atoms with Crippen LogP contribution in [0.2, 0.25) is 19.6 Å². The summed E-state index contributed by atoms with van der Waals surface area (Å²) < 4.78 is 7.38. The van der Waals surface area contributed by atoms with Crippen molar-refractivity contribution in [1.29, 1.82) is 0 Å². The van der Waals surface area contributed by atoms with Crippen molar-refractivity contribution in [3.05, 3.63) is 182 Å². The van der Waals surface area contributed by atoms with Crippen LogP contribution in [0.25, 0.3) is 32.3 Å². The van der Waals surface area contributed by atoms with Crippen molar-refractivity contribution in [2.75, 3.05) is 9.80 Å². The highest BCUT2D eigenvalue weighted by Gasteiger charge is 2.45. The average molecular weight is 735 g/mol. The molecule has 0 aromatic heterocycles. The van der Waals surface area contributed by atoms with E-state index in [0.29, 0.717) is 0 Å². The van der Waals surface area contributed by atoms with Crippen LogP contribution < -0.4 is 36.1 Å². The van der Waals surface area contributed by atoms with E-state index >= 15 is 0 Å². The molecule has 5 heteroatoms. The Morgan fingerprint density at radius 2 is 1.05 bits per heavy atom. The summed E-state index contributed by atoms with van der Waals surface area (Å²) in [6.07, 6.45) is 0. The molecule has 2 aliphatic rings. The highest BCUT2D eigenvalue weighted by Crippen LogP contribution is 2.46. The van der Waals surface area contributed by atoms with Gasteiger partial charge in [0, 0.05) is 39.9 Å². The summed E-state index contributed by atoms with van der Waals surface area (Å²) in [4.78, 5) is 4.89. The van der Waals surface area contributed by atoms with Gasteiger partial charge in [-0.25, -0.2) is 0 Å². The molecule has 0 aliphatic carbocycles. The largest absolute Gasteiger partial charge is 0.458 e. The van der Waals surface area contributed by atoms with Gasteiger partial charge in [-0.05, 0) is 97.9 Å². The van der Waals surface area contributed by atoms with E-state index in [1.54, 1.807) is 0 Å². The molecule has 0 N–H and O–H groups in total. The number of hydrogen-bond acceptors (Lipinski definition) is 3. The number of anilines is 6. The second-order valence-corrected chi connectivity index (χ2v) is 21.2. The second-order valence-electron chi connectivity index (χ2n) is 16.1. The Labute approximate surface area is 329 Å². The van der Waals surface area contributed by atoms with E-state index in [0.717, 1.165) is 34.2 Å². The molecular formula is C51H39BN2OSi. The maximum Gasteiger partial charge on any atom is 0.258 e. The van der Waals surface area contributed by atoms with Gasteiger partial charge in [0.25, 0.3) is 6.71 Å². The van der Waals surface area contributed by atoms with Gasteiger partial charge in [0.2, 0.25) is 0 Å². The average Bonchev–Trinajstić information content (AvgIpc) is 3.23. The van der Waals surface area contributed by atoms with Crippen LogP contribution in [-0.4, -0.2) is 14.8 Å². The Morgan fingerprint density at radius 3 is 1.77 bits per heavy atom. The number of hydrogen-bond donors (Lipinski definition) is 0. The van der Waals surface area contributed by atoms with Crippen molar-refractivity contribution in [3.63, 3.8) is 0 Å². The van der Waals surface area contributed by atoms with Crippen molar-refractivity contribution in [2.45, 2.75) is 19.6 Å². The van der Waals surface area contributed by atoms with Crippen LogP contribution in [0.4, 0.5) is 34.1 Å². The minimum absolute atomic E-state index is 0.0573. The zero-order valence-corrected chi connectivity index (χ0v) is 32.7. The fourth-order valence-corrected chi connectivity index (χ4v) is 10.3. The Morgan fingerprint density at radius 1 is 0.464 bits per heavy atom. The lowest BCUT2D eigenvalue weighted by molar-refractivity contribution is 0.488. The monoisotopic (exact) mass is 734 g/mol. The number of benzene rings is 9. The molecule has 9 aromatic carbocycles. The minimum atomic E-state index is -1.81. The molecule has 2 heterocycles. The van der Waals surface area contributed by atoms with E-state index in [4.69, 9.17) is 4.74 Å². The molecule has 11 rings (SSSR count). The van der Waals surface area contributed by atoms with Gasteiger partial charge in [-0.2, -0.15) is 0 Å². The summed E-state index contributed by atoms with van der Waals surface area (Å²) in [5.74, 6) is 1.86. The first-order chi connectivity index (χ1) is 27.4. The quantitative estimate of drug-likeness (QED) is 0.164. The van der Waals surface area contributed by atoms with Crippen LogP contribution >= 0.6 is 0 Å². The summed E-state index contributed by atoms with van der Waals surface area (Å²) in [6, 6.07) is 66.6. The maximum absolute atomic E-state index is 7.38. The van der Waals surface area contributed by atoms with E-state index in [1.165, 1.54) is 65.3 Å². The van der Waals surface area contributed by atoms with Crippen molar-refractivity contribution in [1.82, 2.24) is 0 Å². The zero-order valence-electron chi connectivity index (χ0n) is 31.7. The van der Waals surface area contributed by atoms with E-state index in [1.807, 2.05) is 0 Å². The van der Waals surface area contributed by atoms with Crippen LogP contribution in [0.1, 0.15) is 0 Å². The van der Waals surface area contributed by atoms with Gasteiger partial charge < -0.3 is 14.5 Å². The molecule has 0 amide bonds. The van der Waals surface area contributed by atoms with E-state index in [9.17, 15) is 0 Å². The van der Waals surface area contributed by atoms with Gasteiger partial charge in [0.05, 0.1) is 13.8 Å². The lowest BCUT2D eigenvalue weighted by Crippen LogP contribution is -2.60. The maximum atomic E-state index is 7.38. The lowest BCUT2D eigenvalue weighted by atomic mass is 9.33. The third-order valence-corrected chi connectivity index (χ3v) is 13.8. The molecule has 0 radical (unpaired) electrons. The normalized spacial score (nSPS) is 13.0. The number of nitrogens with zero attached hydrogens (tertiary/aromatic N) is 2. The number of rotatable bonds is 5. The summed E-state index contributed by atoms with van der Waals surface area (Å²) in [7, 11) is -1.81. The molecule has 3 nitrogen and oxygen atoms in total. The smallest absolute Gasteiger partial charge is 0.258 e. The third-order valence-electron chi connectivity index (χ3n) is 11.8. The summed E-state index contributed by atoms with van der Waals surface area (Å²) in [6.45, 7) is 7.24. The van der Waals surface area contributed by atoms with Gasteiger partial charge >= 0.3 is 0 Å². The van der Waals surface area contributed by atoms with Gasteiger partial charge in [-0.3, -0.25) is 0 Å². The third kappa shape index (κ3) is 5.04. The van der Waals surface area contributed by atoms with Crippen LogP contribution in [-0.2, 0) is 0 Å². The van der Waals surface area contributed by atoms with E-state index in [2.05, 4.69) is 211 Å². The van der Waals surface area contributed by atoms with Gasteiger partial charge in [0.15, 0.2) is 0 Å². The van der Waals surface area contributed by atoms with Crippen LogP contribution in [0.15, 0.2) is 182 Å². The molecule has 266 valence electrons. The van der Waals surface area contributed by atoms with Crippen molar-refractivity contribution in [3.8, 4) is 11.5 Å². The molecule has 0 saturated carbocycles. The highest BCUT2D eigenvalue weighted by atomic mass is 28.3. The first-order valence-corrected chi connectivity index (χ1v) is 23.1. The Hall–Kier alpha value is -6.56. The van der Waals surface area contributed by atoms with Crippen molar-refractivity contribution < 1.29 is 4.74 Å². The fraction of sp³-hybridized carbons (Fsp3) is 0.0588. The second kappa shape index (κ2) is 12.5. The summed E-state index contributed by atoms with van der Waals surface area (Å²) >= 11 is 0. The first kappa shape index (κ1) is 32.8. The van der Waals surface area contributed by atoms with Crippen LogP contribution in [0.5, 0.6) is 11.5 Å². The minimum Gasteiger partial charge on any atom is -0.458 e.